The van der Waals surface area contributed by atoms with Crippen molar-refractivity contribution >= 4 is 10.9 Å². The van der Waals surface area contributed by atoms with Gasteiger partial charge in [-0.3, -0.25) is 0 Å². The Kier molecular flexibility index (Phi) is 5.81. The van der Waals surface area contributed by atoms with E-state index in [0.717, 1.165) is 29.4 Å². The van der Waals surface area contributed by atoms with Crippen molar-refractivity contribution in [3.05, 3.63) is 30.0 Å². The van der Waals surface area contributed by atoms with E-state index in [9.17, 15) is 20.4 Å². The topological polar surface area (TPSA) is 118 Å². The molecule has 1 aromatic heterocycles. The number of likely N-dealkylation sites (N-methyl/N-ethyl adjacent to an activating group) is 1. The minimum atomic E-state index is -1.47. The first-order chi connectivity index (χ1) is 12.4. The van der Waals surface area contributed by atoms with Crippen LogP contribution in [0.15, 0.2) is 24.4 Å². The number of benzene rings is 1. The molecular weight excluding hydrogens is 340 g/mol. The second kappa shape index (κ2) is 7.91. The van der Waals surface area contributed by atoms with Crippen LogP contribution in [0.4, 0.5) is 0 Å². The van der Waals surface area contributed by atoms with Crippen LogP contribution >= 0.6 is 0 Å². The molecule has 0 saturated carbocycles. The van der Waals surface area contributed by atoms with Gasteiger partial charge in [0.1, 0.15) is 30.2 Å². The van der Waals surface area contributed by atoms with Crippen molar-refractivity contribution in [3.8, 4) is 5.75 Å². The molecule has 1 fully saturated rings. The molecule has 1 aromatic carbocycles. The SMILES string of the molecule is CN(C)CCc1c[nH]c2cccc(O[C@@H]3OC(CO)[C@@H](O)C(O)C3O)c12. The zero-order chi connectivity index (χ0) is 18.8. The van der Waals surface area contributed by atoms with Gasteiger partial charge in [0.25, 0.3) is 0 Å². The Hall–Kier alpha value is -1.68. The van der Waals surface area contributed by atoms with Gasteiger partial charge in [-0.25, -0.2) is 0 Å². The molecule has 0 radical (unpaired) electrons. The molecule has 8 heteroatoms. The van der Waals surface area contributed by atoms with Crippen LogP contribution in [0.25, 0.3) is 10.9 Å². The first kappa shape index (κ1) is 19.1. The normalized spacial score (nSPS) is 29.4. The highest BCUT2D eigenvalue weighted by Crippen LogP contribution is 2.32. The molecule has 5 atom stereocenters. The highest BCUT2D eigenvalue weighted by atomic mass is 16.7. The van der Waals surface area contributed by atoms with E-state index in [-0.39, 0.29) is 0 Å². The molecule has 144 valence electrons. The average molecular weight is 366 g/mol. The van der Waals surface area contributed by atoms with Gasteiger partial charge in [-0.1, -0.05) is 6.07 Å². The smallest absolute Gasteiger partial charge is 0.229 e. The zero-order valence-corrected chi connectivity index (χ0v) is 14.9. The summed E-state index contributed by atoms with van der Waals surface area (Å²) in [7, 11) is 4.00. The van der Waals surface area contributed by atoms with Crippen LogP contribution in [0.3, 0.4) is 0 Å². The first-order valence-corrected chi connectivity index (χ1v) is 8.63. The number of rotatable bonds is 6. The summed E-state index contributed by atoms with van der Waals surface area (Å²) in [5.41, 5.74) is 1.95. The lowest BCUT2D eigenvalue weighted by molar-refractivity contribution is -0.277. The second-order valence-corrected chi connectivity index (χ2v) is 6.86. The lowest BCUT2D eigenvalue weighted by atomic mass is 9.99. The van der Waals surface area contributed by atoms with Gasteiger partial charge >= 0.3 is 0 Å². The maximum absolute atomic E-state index is 10.2. The zero-order valence-electron chi connectivity index (χ0n) is 14.9. The van der Waals surface area contributed by atoms with E-state index in [2.05, 4.69) is 9.88 Å². The Bertz CT molecular complexity index is 732. The van der Waals surface area contributed by atoms with Crippen LogP contribution in [0.5, 0.6) is 5.75 Å². The number of aliphatic hydroxyl groups is 4. The highest BCUT2D eigenvalue weighted by Gasteiger charge is 2.44. The number of H-pyrrole nitrogens is 1. The molecule has 1 aliphatic rings. The third kappa shape index (κ3) is 3.71. The number of fused-ring (bicyclic) bond motifs is 1. The van der Waals surface area contributed by atoms with Gasteiger partial charge in [0.05, 0.1) is 6.61 Å². The summed E-state index contributed by atoms with van der Waals surface area (Å²) < 4.78 is 11.3. The summed E-state index contributed by atoms with van der Waals surface area (Å²) >= 11 is 0. The molecule has 0 aliphatic carbocycles. The molecule has 0 amide bonds. The maximum Gasteiger partial charge on any atom is 0.229 e. The predicted molar refractivity (Wildman–Crippen MR) is 95.0 cm³/mol. The fourth-order valence-electron chi connectivity index (χ4n) is 3.15. The standard InChI is InChI=1S/C18H26N2O6/c1-20(2)7-6-10-8-19-11-4-3-5-12(14(10)11)25-18-17(24)16(23)15(22)13(9-21)26-18/h3-5,8,13,15-19,21-24H,6-7,9H2,1-2H3/t13?,15-,16?,17?,18-/m1/s1. The summed E-state index contributed by atoms with van der Waals surface area (Å²) in [4.78, 5) is 5.29. The van der Waals surface area contributed by atoms with E-state index in [4.69, 9.17) is 9.47 Å². The number of nitrogens with zero attached hydrogens (tertiary/aromatic N) is 1. The Labute approximate surface area is 151 Å². The van der Waals surface area contributed by atoms with Crippen LogP contribution in [0.2, 0.25) is 0 Å². The predicted octanol–water partition coefficient (Wildman–Crippen LogP) is -0.549. The number of hydrogen-bond acceptors (Lipinski definition) is 7. The Morgan fingerprint density at radius 2 is 1.92 bits per heavy atom. The van der Waals surface area contributed by atoms with E-state index in [1.54, 1.807) is 6.07 Å². The molecule has 5 N–H and O–H groups in total. The third-order valence-electron chi connectivity index (χ3n) is 4.67. The van der Waals surface area contributed by atoms with E-state index < -0.39 is 37.3 Å². The maximum atomic E-state index is 10.2. The fraction of sp³-hybridized carbons (Fsp3) is 0.556. The summed E-state index contributed by atoms with van der Waals surface area (Å²) in [6.45, 7) is 0.370. The number of aromatic nitrogens is 1. The Balaban J connectivity index is 1.87. The van der Waals surface area contributed by atoms with Gasteiger partial charge in [0.15, 0.2) is 0 Å². The van der Waals surface area contributed by atoms with Gasteiger partial charge in [-0.2, -0.15) is 0 Å². The van der Waals surface area contributed by atoms with Crippen molar-refractivity contribution in [3.63, 3.8) is 0 Å². The average Bonchev–Trinajstić information content (AvgIpc) is 3.04. The number of hydrogen-bond donors (Lipinski definition) is 5. The van der Waals surface area contributed by atoms with Crippen LogP contribution in [0.1, 0.15) is 5.56 Å². The molecule has 26 heavy (non-hydrogen) atoms. The van der Waals surface area contributed by atoms with Crippen LogP contribution in [0, 0.1) is 0 Å². The van der Waals surface area contributed by atoms with Crippen molar-refractivity contribution in [2.75, 3.05) is 27.2 Å². The van der Waals surface area contributed by atoms with Crippen molar-refractivity contribution < 1.29 is 29.9 Å². The van der Waals surface area contributed by atoms with Crippen LogP contribution < -0.4 is 4.74 Å². The Morgan fingerprint density at radius 1 is 1.15 bits per heavy atom. The molecular formula is C18H26N2O6. The third-order valence-corrected chi connectivity index (χ3v) is 4.67. The quantitative estimate of drug-likeness (QED) is 0.465. The fourth-order valence-corrected chi connectivity index (χ4v) is 3.15. The van der Waals surface area contributed by atoms with E-state index >= 15 is 0 Å². The van der Waals surface area contributed by atoms with Gasteiger partial charge < -0.3 is 39.8 Å². The first-order valence-electron chi connectivity index (χ1n) is 8.63. The molecule has 2 aromatic rings. The summed E-state index contributed by atoms with van der Waals surface area (Å²) in [5.74, 6) is 0.502. The summed E-state index contributed by atoms with van der Waals surface area (Å²) in [6.07, 6.45) is -3.79. The number of ether oxygens (including phenoxy) is 2. The van der Waals surface area contributed by atoms with Crippen molar-refractivity contribution in [2.24, 2.45) is 0 Å². The van der Waals surface area contributed by atoms with Crippen LogP contribution in [-0.2, 0) is 11.2 Å². The van der Waals surface area contributed by atoms with Gasteiger partial charge in [0, 0.05) is 23.6 Å². The summed E-state index contributed by atoms with van der Waals surface area (Å²) in [5, 5.41) is 40.2. The molecule has 1 saturated heterocycles. The molecule has 0 bridgehead atoms. The number of aromatic amines is 1. The molecule has 8 nitrogen and oxygen atoms in total. The second-order valence-electron chi connectivity index (χ2n) is 6.86. The number of aliphatic hydroxyl groups excluding tert-OH is 4. The Morgan fingerprint density at radius 3 is 2.62 bits per heavy atom. The monoisotopic (exact) mass is 366 g/mol. The van der Waals surface area contributed by atoms with Gasteiger partial charge in [-0.15, -0.1) is 0 Å². The molecule has 3 rings (SSSR count). The minimum absolute atomic E-state index is 0.493. The number of nitrogens with one attached hydrogen (secondary N) is 1. The van der Waals surface area contributed by atoms with Crippen molar-refractivity contribution in [1.82, 2.24) is 9.88 Å². The summed E-state index contributed by atoms with van der Waals surface area (Å²) in [6, 6.07) is 5.50. The van der Waals surface area contributed by atoms with E-state index in [0.29, 0.717) is 5.75 Å². The largest absolute Gasteiger partial charge is 0.461 e. The lowest BCUT2D eigenvalue weighted by Gasteiger charge is -2.39. The van der Waals surface area contributed by atoms with Crippen LogP contribution in [-0.4, -0.2) is 88.3 Å². The molecule has 0 spiro atoms. The van der Waals surface area contributed by atoms with Crippen molar-refractivity contribution in [1.29, 1.82) is 0 Å². The van der Waals surface area contributed by atoms with Crippen molar-refractivity contribution in [2.45, 2.75) is 37.1 Å². The minimum Gasteiger partial charge on any atom is -0.461 e. The molecule has 3 unspecified atom stereocenters. The molecule has 1 aliphatic heterocycles. The van der Waals surface area contributed by atoms with E-state index in [1.807, 2.05) is 32.4 Å². The highest BCUT2D eigenvalue weighted by molar-refractivity contribution is 5.89. The van der Waals surface area contributed by atoms with E-state index in [1.165, 1.54) is 0 Å². The lowest BCUT2D eigenvalue weighted by Crippen LogP contribution is -2.60. The van der Waals surface area contributed by atoms with Gasteiger partial charge in [0.2, 0.25) is 6.29 Å². The molecule has 2 heterocycles. The van der Waals surface area contributed by atoms with Gasteiger partial charge in [-0.05, 0) is 38.2 Å².